The van der Waals surface area contributed by atoms with Gasteiger partial charge in [0, 0.05) is 12.5 Å². The summed E-state index contributed by atoms with van der Waals surface area (Å²) in [6.45, 7) is 1.57. The number of hydrogen-bond donors (Lipinski definition) is 2. The number of primary amides is 1. The summed E-state index contributed by atoms with van der Waals surface area (Å²) in [5, 5.41) is 10.2. The summed E-state index contributed by atoms with van der Waals surface area (Å²) in [6, 6.07) is 4.38. The molecule has 0 aliphatic heterocycles. The van der Waals surface area contributed by atoms with E-state index in [0.29, 0.717) is 28.6 Å². The molecule has 0 aliphatic carbocycles. The minimum Gasteiger partial charge on any atom is -0.502 e. The highest BCUT2D eigenvalue weighted by Crippen LogP contribution is 2.43. The number of nitrogens with two attached hydrogens (primary N) is 1. The number of rotatable bonds is 7. The van der Waals surface area contributed by atoms with Crippen molar-refractivity contribution in [2.24, 2.45) is 5.73 Å². The van der Waals surface area contributed by atoms with Crippen molar-refractivity contribution >= 4 is 5.91 Å². The van der Waals surface area contributed by atoms with Crippen molar-refractivity contribution in [3.8, 4) is 23.0 Å². The first-order chi connectivity index (χ1) is 12.3. The molecule has 1 unspecified atom stereocenters. The number of amides is 1. The lowest BCUT2D eigenvalue weighted by Gasteiger charge is -2.20. The molecule has 1 amide bonds. The maximum atomic E-state index is 11.9. The molecule has 2 aromatic rings. The van der Waals surface area contributed by atoms with Gasteiger partial charge in [0.05, 0.1) is 27.2 Å². The van der Waals surface area contributed by atoms with Crippen LogP contribution >= 0.6 is 0 Å². The van der Waals surface area contributed by atoms with E-state index < -0.39 is 23.0 Å². The van der Waals surface area contributed by atoms with Gasteiger partial charge in [0.2, 0.25) is 22.8 Å². The summed E-state index contributed by atoms with van der Waals surface area (Å²) >= 11 is 0. The second-order valence-electron chi connectivity index (χ2n) is 5.62. The summed E-state index contributed by atoms with van der Waals surface area (Å²) < 4.78 is 21.4. The smallest absolute Gasteiger partial charge is 0.227 e. The van der Waals surface area contributed by atoms with E-state index in [4.69, 9.17) is 24.4 Å². The summed E-state index contributed by atoms with van der Waals surface area (Å²) in [5.41, 5.74) is 5.26. The van der Waals surface area contributed by atoms with E-state index in [2.05, 4.69) is 0 Å². The maximum Gasteiger partial charge on any atom is 0.227 e. The Labute approximate surface area is 150 Å². The molecule has 0 aliphatic rings. The van der Waals surface area contributed by atoms with Crippen molar-refractivity contribution < 1.29 is 28.5 Å². The number of aromatic hydroxyl groups is 1. The van der Waals surface area contributed by atoms with E-state index in [0.717, 1.165) is 6.07 Å². The first-order valence-electron chi connectivity index (χ1n) is 7.74. The number of carbonyl (C=O) groups is 1. The Morgan fingerprint density at radius 1 is 1.15 bits per heavy atom. The Bertz CT molecular complexity index is 847. The van der Waals surface area contributed by atoms with Gasteiger partial charge < -0.3 is 29.5 Å². The summed E-state index contributed by atoms with van der Waals surface area (Å²) in [5.74, 6) is -0.701. The van der Waals surface area contributed by atoms with Gasteiger partial charge in [-0.25, -0.2) is 0 Å². The number of aryl methyl sites for hydroxylation is 1. The van der Waals surface area contributed by atoms with Gasteiger partial charge in [0.25, 0.3) is 0 Å². The van der Waals surface area contributed by atoms with Crippen molar-refractivity contribution in [1.29, 1.82) is 0 Å². The fourth-order valence-corrected chi connectivity index (χ4v) is 2.73. The van der Waals surface area contributed by atoms with Crippen molar-refractivity contribution in [2.75, 3.05) is 21.3 Å². The molecule has 3 N–H and O–H groups in total. The molecule has 1 heterocycles. The average Bonchev–Trinajstić information content (AvgIpc) is 2.61. The lowest BCUT2D eigenvalue weighted by molar-refractivity contribution is -0.118. The second kappa shape index (κ2) is 7.81. The first kappa shape index (κ1) is 19.2. The molecule has 0 bridgehead atoms. The monoisotopic (exact) mass is 363 g/mol. The van der Waals surface area contributed by atoms with Crippen LogP contribution in [0, 0.1) is 6.92 Å². The standard InChI is InChI=1S/C18H21NO7/c1-9-5-12(20)16(22)17(26-9)11(8-15(19)21)10-6-13(23-2)18(25-4)14(7-10)24-3/h5-7,11,22H,8H2,1-4H3,(H2,19,21). The fraction of sp³-hybridized carbons (Fsp3) is 0.333. The van der Waals surface area contributed by atoms with Gasteiger partial charge in [-0.05, 0) is 24.6 Å². The molecule has 0 saturated carbocycles. The van der Waals surface area contributed by atoms with Crippen LogP contribution in [-0.4, -0.2) is 32.3 Å². The average molecular weight is 363 g/mol. The van der Waals surface area contributed by atoms with Crippen LogP contribution in [0.5, 0.6) is 23.0 Å². The van der Waals surface area contributed by atoms with Crippen LogP contribution < -0.4 is 25.4 Å². The molecule has 0 saturated heterocycles. The van der Waals surface area contributed by atoms with E-state index in [-0.39, 0.29) is 12.2 Å². The Balaban J connectivity index is 2.73. The highest BCUT2D eigenvalue weighted by Gasteiger charge is 2.27. The molecule has 1 atom stereocenters. The number of hydrogen-bond acceptors (Lipinski definition) is 7. The van der Waals surface area contributed by atoms with E-state index in [9.17, 15) is 14.7 Å². The van der Waals surface area contributed by atoms with Crippen molar-refractivity contribution in [2.45, 2.75) is 19.3 Å². The van der Waals surface area contributed by atoms with Crippen LogP contribution in [0.2, 0.25) is 0 Å². The van der Waals surface area contributed by atoms with Crippen molar-refractivity contribution in [1.82, 2.24) is 0 Å². The van der Waals surface area contributed by atoms with Crippen LogP contribution in [0.1, 0.15) is 29.4 Å². The summed E-state index contributed by atoms with van der Waals surface area (Å²) in [4.78, 5) is 23.5. The molecule has 1 aromatic carbocycles. The maximum absolute atomic E-state index is 11.9. The van der Waals surface area contributed by atoms with Gasteiger partial charge in [0.15, 0.2) is 17.3 Å². The summed E-state index contributed by atoms with van der Waals surface area (Å²) in [7, 11) is 4.37. The Morgan fingerprint density at radius 3 is 2.19 bits per heavy atom. The van der Waals surface area contributed by atoms with Crippen molar-refractivity contribution in [3.05, 3.63) is 45.5 Å². The Kier molecular flexibility index (Phi) is 5.76. The molecule has 8 heteroatoms. The topological polar surface area (TPSA) is 121 Å². The van der Waals surface area contributed by atoms with Gasteiger partial charge >= 0.3 is 0 Å². The van der Waals surface area contributed by atoms with Gasteiger partial charge in [-0.1, -0.05) is 0 Å². The van der Waals surface area contributed by atoms with Gasteiger partial charge in [0.1, 0.15) is 5.76 Å². The third-order valence-corrected chi connectivity index (χ3v) is 3.88. The zero-order valence-corrected chi connectivity index (χ0v) is 15.0. The van der Waals surface area contributed by atoms with E-state index in [1.165, 1.54) is 21.3 Å². The molecule has 1 aromatic heterocycles. The molecule has 26 heavy (non-hydrogen) atoms. The molecular weight excluding hydrogens is 342 g/mol. The predicted octanol–water partition coefficient (Wildman–Crippen LogP) is 1.69. The Hall–Kier alpha value is -3.16. The van der Waals surface area contributed by atoms with E-state index >= 15 is 0 Å². The largest absolute Gasteiger partial charge is 0.502 e. The van der Waals surface area contributed by atoms with Crippen LogP contribution in [0.3, 0.4) is 0 Å². The van der Waals surface area contributed by atoms with Crippen LogP contribution in [0.25, 0.3) is 0 Å². The van der Waals surface area contributed by atoms with Crippen LogP contribution in [-0.2, 0) is 4.79 Å². The number of benzene rings is 1. The summed E-state index contributed by atoms with van der Waals surface area (Å²) in [6.07, 6.45) is -0.196. The van der Waals surface area contributed by atoms with Crippen LogP contribution in [0.15, 0.2) is 27.4 Å². The second-order valence-corrected chi connectivity index (χ2v) is 5.62. The number of methoxy groups -OCH3 is 3. The third kappa shape index (κ3) is 3.74. The van der Waals surface area contributed by atoms with Gasteiger partial charge in [-0.2, -0.15) is 0 Å². The zero-order valence-electron chi connectivity index (χ0n) is 15.0. The molecule has 2 rings (SSSR count). The highest BCUT2D eigenvalue weighted by molar-refractivity contribution is 5.75. The molecule has 8 nitrogen and oxygen atoms in total. The lowest BCUT2D eigenvalue weighted by atomic mass is 9.91. The Morgan fingerprint density at radius 2 is 1.73 bits per heavy atom. The quantitative estimate of drug-likeness (QED) is 0.767. The molecular formula is C18H21NO7. The van der Waals surface area contributed by atoms with E-state index in [1.54, 1.807) is 19.1 Å². The molecule has 140 valence electrons. The normalized spacial score (nSPS) is 11.7. The zero-order chi connectivity index (χ0) is 19.4. The minimum atomic E-state index is -0.811. The third-order valence-electron chi connectivity index (χ3n) is 3.88. The predicted molar refractivity (Wildman–Crippen MR) is 93.1 cm³/mol. The van der Waals surface area contributed by atoms with Gasteiger partial charge in [-0.15, -0.1) is 0 Å². The number of carbonyl (C=O) groups excluding carboxylic acids is 1. The minimum absolute atomic E-state index is 0.0527. The SMILES string of the molecule is COc1cc(C(CC(N)=O)c2oc(C)cc(=O)c2O)cc(OC)c1OC. The molecule has 0 spiro atoms. The fourth-order valence-electron chi connectivity index (χ4n) is 2.73. The van der Waals surface area contributed by atoms with Gasteiger partial charge in [-0.3, -0.25) is 9.59 Å². The first-order valence-corrected chi connectivity index (χ1v) is 7.74. The highest BCUT2D eigenvalue weighted by atomic mass is 16.5. The molecule has 0 fully saturated rings. The van der Waals surface area contributed by atoms with E-state index in [1.807, 2.05) is 0 Å². The molecule has 0 radical (unpaired) electrons. The van der Waals surface area contributed by atoms with Crippen molar-refractivity contribution in [3.63, 3.8) is 0 Å². The van der Waals surface area contributed by atoms with Crippen LogP contribution in [0.4, 0.5) is 0 Å². The number of ether oxygens (including phenoxy) is 3. The lowest BCUT2D eigenvalue weighted by Crippen LogP contribution is -2.18.